The molecule has 1 aliphatic carbocycles. The maximum absolute atomic E-state index is 2.29. The third-order valence-corrected chi connectivity index (χ3v) is 2.82. The second-order valence-corrected chi connectivity index (χ2v) is 4.01. The summed E-state index contributed by atoms with van der Waals surface area (Å²) >= 11 is 0. The topological polar surface area (TPSA) is 0 Å². The average Bonchev–Trinajstić information content (AvgIpc) is 2.56. The van der Waals surface area contributed by atoms with Crippen LogP contribution in [0.1, 0.15) is 39.7 Å². The van der Waals surface area contributed by atoms with Crippen LogP contribution in [-0.4, -0.2) is 0 Å². The largest absolute Gasteiger partial charge is 0.0772 e. The van der Waals surface area contributed by atoms with Crippen molar-refractivity contribution >= 4 is 5.57 Å². The average molecular weight is 226 g/mol. The van der Waals surface area contributed by atoms with Crippen LogP contribution in [0.3, 0.4) is 0 Å². The second kappa shape index (κ2) is 6.90. The second-order valence-electron chi connectivity index (χ2n) is 4.01. The fraction of sp³-hybridized carbons (Fsp3) is 0.294. The van der Waals surface area contributed by atoms with Gasteiger partial charge in [0.05, 0.1) is 0 Å². The van der Waals surface area contributed by atoms with E-state index < -0.39 is 0 Å². The molecule has 0 aliphatic heterocycles. The molecule has 0 bridgehead atoms. The summed E-state index contributed by atoms with van der Waals surface area (Å²) in [4.78, 5) is 0. The van der Waals surface area contributed by atoms with E-state index in [0.29, 0.717) is 0 Å². The first-order valence-corrected chi connectivity index (χ1v) is 6.37. The summed E-state index contributed by atoms with van der Waals surface area (Å²) in [6.45, 7) is 8.34. The minimum atomic E-state index is 1.04. The molecule has 0 heterocycles. The van der Waals surface area contributed by atoms with Crippen molar-refractivity contribution in [2.45, 2.75) is 34.1 Å². The van der Waals surface area contributed by atoms with Crippen molar-refractivity contribution in [1.82, 2.24) is 0 Å². The first-order valence-electron chi connectivity index (χ1n) is 6.37. The van der Waals surface area contributed by atoms with Crippen LogP contribution in [0.2, 0.25) is 0 Å². The van der Waals surface area contributed by atoms with Crippen LogP contribution in [0.4, 0.5) is 0 Å². The Morgan fingerprint density at radius 1 is 0.882 bits per heavy atom. The first kappa shape index (κ1) is 13.5. The lowest BCUT2D eigenvalue weighted by Gasteiger charge is -2.07. The molecular weight excluding hydrogens is 204 g/mol. The van der Waals surface area contributed by atoms with Crippen LogP contribution in [0.25, 0.3) is 5.57 Å². The molecule has 0 unspecified atom stereocenters. The van der Waals surface area contributed by atoms with Crippen LogP contribution in [0.5, 0.6) is 0 Å². The highest BCUT2D eigenvalue weighted by atomic mass is 14.1. The molecular formula is C17H22. The summed E-state index contributed by atoms with van der Waals surface area (Å²) in [5, 5.41) is 0. The Bertz CT molecular complexity index is 430. The zero-order valence-electron chi connectivity index (χ0n) is 11.3. The van der Waals surface area contributed by atoms with Crippen molar-refractivity contribution < 1.29 is 0 Å². The predicted octanol–water partition coefficient (Wildman–Crippen LogP) is 5.39. The van der Waals surface area contributed by atoms with Gasteiger partial charge in [0.25, 0.3) is 0 Å². The van der Waals surface area contributed by atoms with Crippen LogP contribution in [-0.2, 0) is 0 Å². The zero-order valence-corrected chi connectivity index (χ0v) is 11.3. The molecule has 0 spiro atoms. The zero-order chi connectivity index (χ0) is 12.7. The fourth-order valence-corrected chi connectivity index (χ4v) is 1.83. The van der Waals surface area contributed by atoms with E-state index in [9.17, 15) is 0 Å². The van der Waals surface area contributed by atoms with Gasteiger partial charge in [0, 0.05) is 0 Å². The maximum atomic E-state index is 2.29. The van der Waals surface area contributed by atoms with Gasteiger partial charge in [-0.1, -0.05) is 68.0 Å². The Labute approximate surface area is 105 Å². The number of rotatable bonds is 1. The molecule has 0 radical (unpaired) electrons. The smallest absolute Gasteiger partial charge is 0.00832 e. The standard InChI is InChI=1S/C15H16.C2H6/c1-12-8-10-13(2)15(11-9-12)14-6-4-3-5-7-14;1-2/h3-10H,11H2,1-2H3;1-2H3. The lowest BCUT2D eigenvalue weighted by molar-refractivity contribution is 1.33. The Morgan fingerprint density at radius 2 is 1.53 bits per heavy atom. The Morgan fingerprint density at radius 3 is 2.18 bits per heavy atom. The van der Waals surface area contributed by atoms with Gasteiger partial charge in [-0.2, -0.15) is 0 Å². The van der Waals surface area contributed by atoms with E-state index in [4.69, 9.17) is 0 Å². The van der Waals surface area contributed by atoms with E-state index in [-0.39, 0.29) is 0 Å². The third-order valence-electron chi connectivity index (χ3n) is 2.82. The molecule has 1 aromatic carbocycles. The highest BCUT2D eigenvalue weighted by Crippen LogP contribution is 2.26. The molecule has 2 rings (SSSR count). The molecule has 0 heteroatoms. The normalized spacial score (nSPS) is 14.7. The van der Waals surface area contributed by atoms with Gasteiger partial charge in [-0.05, 0) is 37.0 Å². The van der Waals surface area contributed by atoms with Crippen LogP contribution < -0.4 is 0 Å². The van der Waals surface area contributed by atoms with Crippen LogP contribution in [0.15, 0.2) is 59.7 Å². The molecule has 0 aromatic heterocycles. The van der Waals surface area contributed by atoms with E-state index >= 15 is 0 Å². The van der Waals surface area contributed by atoms with Gasteiger partial charge in [-0.25, -0.2) is 0 Å². The third kappa shape index (κ3) is 3.74. The summed E-state index contributed by atoms with van der Waals surface area (Å²) in [6, 6.07) is 10.6. The van der Waals surface area contributed by atoms with E-state index in [2.05, 4.69) is 62.4 Å². The van der Waals surface area contributed by atoms with Gasteiger partial charge >= 0.3 is 0 Å². The predicted molar refractivity (Wildman–Crippen MR) is 77.9 cm³/mol. The van der Waals surface area contributed by atoms with E-state index in [1.807, 2.05) is 13.8 Å². The molecule has 17 heavy (non-hydrogen) atoms. The molecule has 0 amide bonds. The summed E-state index contributed by atoms with van der Waals surface area (Å²) in [7, 11) is 0. The number of hydrogen-bond donors (Lipinski definition) is 0. The molecule has 0 saturated heterocycles. The number of benzene rings is 1. The molecule has 0 atom stereocenters. The number of allylic oxidation sites excluding steroid dienone is 6. The maximum Gasteiger partial charge on any atom is -0.00832 e. The van der Waals surface area contributed by atoms with E-state index in [1.165, 1.54) is 22.3 Å². The first-order chi connectivity index (χ1) is 8.27. The van der Waals surface area contributed by atoms with Crippen molar-refractivity contribution in [2.24, 2.45) is 0 Å². The van der Waals surface area contributed by atoms with Crippen LogP contribution >= 0.6 is 0 Å². The van der Waals surface area contributed by atoms with Crippen molar-refractivity contribution in [2.75, 3.05) is 0 Å². The minimum Gasteiger partial charge on any atom is -0.0772 e. The molecule has 90 valence electrons. The summed E-state index contributed by atoms with van der Waals surface area (Å²) in [5.41, 5.74) is 5.49. The molecule has 1 aromatic rings. The Kier molecular flexibility index (Phi) is 5.48. The summed E-state index contributed by atoms with van der Waals surface area (Å²) < 4.78 is 0. The molecule has 1 aliphatic rings. The minimum absolute atomic E-state index is 1.04. The van der Waals surface area contributed by atoms with Gasteiger partial charge in [-0.15, -0.1) is 0 Å². The van der Waals surface area contributed by atoms with Crippen molar-refractivity contribution in [3.63, 3.8) is 0 Å². The molecule has 0 saturated carbocycles. The fourth-order valence-electron chi connectivity index (χ4n) is 1.83. The summed E-state index contributed by atoms with van der Waals surface area (Å²) in [5.74, 6) is 0. The SMILES string of the molecule is CC.CC1=CCC(c2ccccc2)=C(C)C=C1. The van der Waals surface area contributed by atoms with Gasteiger partial charge in [0.2, 0.25) is 0 Å². The van der Waals surface area contributed by atoms with Gasteiger partial charge in [0.15, 0.2) is 0 Å². The Hall–Kier alpha value is -1.56. The van der Waals surface area contributed by atoms with E-state index in [0.717, 1.165) is 6.42 Å². The molecule has 0 N–H and O–H groups in total. The van der Waals surface area contributed by atoms with Gasteiger partial charge in [-0.3, -0.25) is 0 Å². The van der Waals surface area contributed by atoms with Crippen molar-refractivity contribution in [3.8, 4) is 0 Å². The monoisotopic (exact) mass is 226 g/mol. The van der Waals surface area contributed by atoms with Gasteiger partial charge < -0.3 is 0 Å². The van der Waals surface area contributed by atoms with Crippen molar-refractivity contribution in [3.05, 3.63) is 65.3 Å². The van der Waals surface area contributed by atoms with Gasteiger partial charge in [0.1, 0.15) is 0 Å². The lowest BCUT2D eigenvalue weighted by atomic mass is 9.98. The highest BCUT2D eigenvalue weighted by molar-refractivity contribution is 5.72. The van der Waals surface area contributed by atoms with E-state index in [1.54, 1.807) is 0 Å². The lowest BCUT2D eigenvalue weighted by Crippen LogP contribution is -1.85. The Balaban J connectivity index is 0.000000686. The van der Waals surface area contributed by atoms with Crippen LogP contribution in [0, 0.1) is 0 Å². The summed E-state index contributed by atoms with van der Waals surface area (Å²) in [6.07, 6.45) is 7.72. The number of hydrogen-bond acceptors (Lipinski definition) is 0. The highest BCUT2D eigenvalue weighted by Gasteiger charge is 2.04. The molecule has 0 fully saturated rings. The van der Waals surface area contributed by atoms with Crippen molar-refractivity contribution in [1.29, 1.82) is 0 Å². The quantitative estimate of drug-likeness (QED) is 0.602. The molecule has 0 nitrogen and oxygen atoms in total.